The van der Waals surface area contributed by atoms with Crippen molar-refractivity contribution in [1.82, 2.24) is 0 Å². The first kappa shape index (κ1) is 24.5. The van der Waals surface area contributed by atoms with Crippen LogP contribution in [0.5, 0.6) is 5.75 Å². The maximum Gasteiger partial charge on any atom is 0.426 e. The lowest BCUT2D eigenvalue weighted by atomic mass is 9.79. The number of rotatable bonds is 6. The van der Waals surface area contributed by atoms with Gasteiger partial charge in [-0.2, -0.15) is 21.6 Å². The van der Waals surface area contributed by atoms with E-state index in [0.29, 0.717) is 24.0 Å². The quantitative estimate of drug-likeness (QED) is 0.375. The zero-order valence-corrected chi connectivity index (χ0v) is 18.3. The number of esters is 2. The van der Waals surface area contributed by atoms with Gasteiger partial charge in [0.05, 0.1) is 24.0 Å². The molecule has 0 saturated carbocycles. The molecular formula is C20H23F3O8S. The summed E-state index contributed by atoms with van der Waals surface area (Å²) in [5.41, 5.74) is 2.29. The molecule has 2 fully saturated rings. The van der Waals surface area contributed by atoms with Crippen molar-refractivity contribution >= 4 is 22.1 Å². The predicted octanol–water partition coefficient (Wildman–Crippen LogP) is 2.67. The van der Waals surface area contributed by atoms with Crippen molar-refractivity contribution in [2.45, 2.75) is 58.1 Å². The van der Waals surface area contributed by atoms with E-state index in [9.17, 15) is 31.2 Å². The molecule has 0 spiro atoms. The van der Waals surface area contributed by atoms with Gasteiger partial charge in [0.25, 0.3) is 10.1 Å². The highest BCUT2D eigenvalue weighted by atomic mass is 32.2. The minimum atomic E-state index is -5.24. The topological polar surface area (TPSA) is 116 Å². The van der Waals surface area contributed by atoms with Crippen LogP contribution in [-0.4, -0.2) is 55.2 Å². The second kappa shape index (κ2) is 8.64. The molecule has 1 N–H and O–H groups in total. The summed E-state index contributed by atoms with van der Waals surface area (Å²) in [5, 5.41) is 0. The van der Waals surface area contributed by atoms with Gasteiger partial charge in [0, 0.05) is 0 Å². The van der Waals surface area contributed by atoms with Gasteiger partial charge in [-0.1, -0.05) is 17.7 Å². The molecule has 2 heterocycles. The van der Waals surface area contributed by atoms with Gasteiger partial charge in [0.1, 0.15) is 11.5 Å². The van der Waals surface area contributed by atoms with Crippen LogP contribution in [0.1, 0.15) is 29.5 Å². The molecule has 2 aliphatic heterocycles. The molecule has 32 heavy (non-hydrogen) atoms. The van der Waals surface area contributed by atoms with Gasteiger partial charge in [-0.05, 0) is 44.7 Å². The standard InChI is InChI=1S/C20H23F3O8S/c1-9-6-10(2)17(11(3)7-9)31-19(25)16-13-5-4-12(29-13)15(16)18(24)30-14(20(21,22)23)8-32(26,27)28/h6-7,12-16H,4-5,8H2,1-3H3,(H,26,27,28). The minimum Gasteiger partial charge on any atom is -0.451 e. The summed E-state index contributed by atoms with van der Waals surface area (Å²) < 4.78 is 85.7. The van der Waals surface area contributed by atoms with Gasteiger partial charge < -0.3 is 14.2 Å². The molecule has 5 unspecified atom stereocenters. The third-order valence-electron chi connectivity index (χ3n) is 5.61. The maximum absolute atomic E-state index is 13.2. The highest BCUT2D eigenvalue weighted by Gasteiger charge is 2.58. The molecule has 2 aliphatic rings. The fraction of sp³-hybridized carbons (Fsp3) is 0.600. The van der Waals surface area contributed by atoms with Crippen LogP contribution >= 0.6 is 0 Å². The maximum atomic E-state index is 13.2. The van der Waals surface area contributed by atoms with E-state index in [1.807, 2.05) is 6.92 Å². The first-order chi connectivity index (χ1) is 14.7. The van der Waals surface area contributed by atoms with Crippen LogP contribution in [0.3, 0.4) is 0 Å². The van der Waals surface area contributed by atoms with Crippen LogP contribution in [0.4, 0.5) is 13.2 Å². The molecule has 0 radical (unpaired) electrons. The van der Waals surface area contributed by atoms with E-state index in [2.05, 4.69) is 4.74 Å². The van der Waals surface area contributed by atoms with E-state index in [1.165, 1.54) is 0 Å². The smallest absolute Gasteiger partial charge is 0.426 e. The van der Waals surface area contributed by atoms with Crippen molar-refractivity contribution in [3.63, 3.8) is 0 Å². The normalized spacial score (nSPS) is 26.1. The second-order valence-electron chi connectivity index (χ2n) is 8.21. The summed E-state index contributed by atoms with van der Waals surface area (Å²) in [6.07, 6.45) is -9.18. The van der Waals surface area contributed by atoms with Gasteiger partial charge >= 0.3 is 18.1 Å². The van der Waals surface area contributed by atoms with E-state index >= 15 is 0 Å². The van der Waals surface area contributed by atoms with Crippen molar-refractivity contribution in [3.8, 4) is 5.75 Å². The molecule has 5 atom stereocenters. The van der Waals surface area contributed by atoms with Crippen molar-refractivity contribution in [2.75, 3.05) is 5.75 Å². The van der Waals surface area contributed by atoms with Gasteiger partial charge in [0.2, 0.25) is 6.10 Å². The zero-order chi connectivity index (χ0) is 24.0. The number of carbonyl (C=O) groups excluding carboxylic acids is 2. The van der Waals surface area contributed by atoms with Gasteiger partial charge in [-0.15, -0.1) is 0 Å². The molecule has 3 rings (SSSR count). The number of hydrogen-bond donors (Lipinski definition) is 1. The molecule has 12 heteroatoms. The summed E-state index contributed by atoms with van der Waals surface area (Å²) >= 11 is 0. The SMILES string of the molecule is Cc1cc(C)c(OC(=O)C2C3CCC(O3)C2C(=O)OC(CS(=O)(=O)O)C(F)(F)F)c(C)c1. The number of hydrogen-bond acceptors (Lipinski definition) is 7. The number of halogens is 3. The summed E-state index contributed by atoms with van der Waals surface area (Å²) in [4.78, 5) is 25.6. The summed E-state index contributed by atoms with van der Waals surface area (Å²) in [6, 6.07) is 3.59. The van der Waals surface area contributed by atoms with E-state index in [0.717, 1.165) is 5.56 Å². The van der Waals surface area contributed by atoms with Gasteiger partial charge in [-0.25, -0.2) is 0 Å². The first-order valence-electron chi connectivity index (χ1n) is 9.84. The Morgan fingerprint density at radius 3 is 2.06 bits per heavy atom. The van der Waals surface area contributed by atoms with Gasteiger partial charge in [0.15, 0.2) is 0 Å². The summed E-state index contributed by atoms with van der Waals surface area (Å²) in [7, 11) is -5.09. The lowest BCUT2D eigenvalue weighted by Crippen LogP contribution is -2.46. The average molecular weight is 480 g/mol. The molecule has 0 amide bonds. The predicted molar refractivity (Wildman–Crippen MR) is 104 cm³/mol. The molecule has 2 saturated heterocycles. The fourth-order valence-corrected chi connectivity index (χ4v) is 5.02. The average Bonchev–Trinajstić information content (AvgIpc) is 3.23. The molecule has 1 aromatic carbocycles. The molecule has 1 aromatic rings. The van der Waals surface area contributed by atoms with Crippen molar-refractivity contribution in [2.24, 2.45) is 11.8 Å². The lowest BCUT2D eigenvalue weighted by molar-refractivity contribution is -0.219. The molecule has 8 nitrogen and oxygen atoms in total. The number of ether oxygens (including phenoxy) is 3. The lowest BCUT2D eigenvalue weighted by Gasteiger charge is -2.27. The molecule has 178 valence electrons. The molecular weight excluding hydrogens is 457 g/mol. The summed E-state index contributed by atoms with van der Waals surface area (Å²) in [5.74, 6) is -6.43. The van der Waals surface area contributed by atoms with Crippen LogP contribution in [0, 0.1) is 32.6 Å². The Hall–Kier alpha value is -2.18. The van der Waals surface area contributed by atoms with Crippen LogP contribution in [0.2, 0.25) is 0 Å². The van der Waals surface area contributed by atoms with Crippen molar-refractivity contribution in [1.29, 1.82) is 0 Å². The Labute approximate surface area is 182 Å². The number of alkyl halides is 3. The molecule has 0 aliphatic carbocycles. The van der Waals surface area contributed by atoms with E-state index in [1.54, 1.807) is 26.0 Å². The van der Waals surface area contributed by atoms with Crippen LogP contribution in [0.25, 0.3) is 0 Å². The zero-order valence-electron chi connectivity index (χ0n) is 17.5. The second-order valence-corrected chi connectivity index (χ2v) is 9.70. The van der Waals surface area contributed by atoms with Gasteiger partial charge in [-0.3, -0.25) is 14.1 Å². The van der Waals surface area contributed by atoms with Crippen LogP contribution < -0.4 is 4.74 Å². The minimum absolute atomic E-state index is 0.287. The fourth-order valence-electron chi connectivity index (χ4n) is 4.38. The highest BCUT2D eigenvalue weighted by Crippen LogP contribution is 2.45. The molecule has 2 bridgehead atoms. The van der Waals surface area contributed by atoms with Crippen LogP contribution in [-0.2, 0) is 29.2 Å². The third-order valence-corrected chi connectivity index (χ3v) is 6.33. The van der Waals surface area contributed by atoms with E-state index < -0.39 is 64.1 Å². The summed E-state index contributed by atoms with van der Waals surface area (Å²) in [6.45, 7) is 5.33. The Kier molecular flexibility index (Phi) is 6.60. The highest BCUT2D eigenvalue weighted by molar-refractivity contribution is 7.85. The largest absolute Gasteiger partial charge is 0.451 e. The van der Waals surface area contributed by atoms with E-state index in [4.69, 9.17) is 14.0 Å². The number of benzene rings is 1. The Morgan fingerprint density at radius 1 is 1.09 bits per heavy atom. The first-order valence-corrected chi connectivity index (χ1v) is 11.5. The van der Waals surface area contributed by atoms with Crippen molar-refractivity contribution < 1.29 is 49.9 Å². The number of aryl methyl sites for hydroxylation is 3. The van der Waals surface area contributed by atoms with E-state index in [-0.39, 0.29) is 5.75 Å². The number of carbonyl (C=O) groups is 2. The third kappa shape index (κ3) is 5.24. The monoisotopic (exact) mass is 480 g/mol. The Morgan fingerprint density at radius 2 is 1.59 bits per heavy atom. The molecule has 0 aromatic heterocycles. The number of fused-ring (bicyclic) bond motifs is 2. The van der Waals surface area contributed by atoms with Crippen LogP contribution in [0.15, 0.2) is 12.1 Å². The Balaban J connectivity index is 1.82. The Bertz CT molecular complexity index is 997. The van der Waals surface area contributed by atoms with Crippen molar-refractivity contribution in [3.05, 3.63) is 28.8 Å².